The number of benzene rings is 1. The van der Waals surface area contributed by atoms with E-state index in [1.54, 1.807) is 6.33 Å². The summed E-state index contributed by atoms with van der Waals surface area (Å²) in [6.45, 7) is 0.753. The first-order chi connectivity index (χ1) is 8.79. The zero-order chi connectivity index (χ0) is 12.8. The lowest BCUT2D eigenvalue weighted by Gasteiger charge is -2.08. The molecule has 0 aliphatic heterocycles. The van der Waals surface area contributed by atoms with Crippen LogP contribution in [0.25, 0.3) is 0 Å². The summed E-state index contributed by atoms with van der Waals surface area (Å²) in [5.41, 5.74) is 2.05. The zero-order valence-corrected chi connectivity index (χ0v) is 10.1. The number of aryl methyl sites for hydroxylation is 1. The Morgan fingerprint density at radius 1 is 1.50 bits per heavy atom. The summed E-state index contributed by atoms with van der Waals surface area (Å²) in [6.07, 6.45) is 3.59. The van der Waals surface area contributed by atoms with Crippen LogP contribution >= 0.6 is 0 Å². The topological polar surface area (TPSA) is 62.9 Å². The van der Waals surface area contributed by atoms with Crippen LogP contribution < -0.4 is 10.1 Å². The van der Waals surface area contributed by atoms with Crippen molar-refractivity contribution in [2.75, 3.05) is 11.9 Å². The molecular formula is C13H14N4O. The fourth-order valence-corrected chi connectivity index (χ4v) is 1.56. The van der Waals surface area contributed by atoms with Gasteiger partial charge in [0.05, 0.1) is 18.6 Å². The number of nitriles is 1. The van der Waals surface area contributed by atoms with Crippen LogP contribution in [0, 0.1) is 11.3 Å². The lowest BCUT2D eigenvalue weighted by atomic mass is 10.3. The van der Waals surface area contributed by atoms with Crippen molar-refractivity contribution >= 4 is 5.69 Å². The minimum atomic E-state index is 0.0607. The Morgan fingerprint density at radius 2 is 2.39 bits per heavy atom. The summed E-state index contributed by atoms with van der Waals surface area (Å²) < 4.78 is 7.20. The van der Waals surface area contributed by atoms with Gasteiger partial charge in [-0.05, 0) is 12.1 Å². The fourth-order valence-electron chi connectivity index (χ4n) is 1.56. The van der Waals surface area contributed by atoms with Gasteiger partial charge in [-0.2, -0.15) is 5.26 Å². The first-order valence-corrected chi connectivity index (χ1v) is 5.58. The molecule has 0 radical (unpaired) electrons. The molecular weight excluding hydrogens is 228 g/mol. The molecule has 0 saturated carbocycles. The number of anilines is 1. The molecule has 5 heteroatoms. The third-order valence-corrected chi connectivity index (χ3v) is 2.53. The van der Waals surface area contributed by atoms with Crippen LogP contribution in [0.3, 0.4) is 0 Å². The van der Waals surface area contributed by atoms with Gasteiger partial charge in [0.15, 0.2) is 6.61 Å². The van der Waals surface area contributed by atoms with Gasteiger partial charge >= 0.3 is 0 Å². The van der Waals surface area contributed by atoms with Gasteiger partial charge in [0.25, 0.3) is 0 Å². The number of ether oxygens (including phenoxy) is 1. The molecule has 0 amide bonds. The first kappa shape index (κ1) is 12.0. The maximum Gasteiger partial charge on any atom is 0.174 e. The summed E-state index contributed by atoms with van der Waals surface area (Å²) in [7, 11) is 1.95. The Balaban J connectivity index is 1.97. The Bertz CT molecular complexity index is 556. The average molecular weight is 242 g/mol. The van der Waals surface area contributed by atoms with Crippen LogP contribution in [-0.2, 0) is 13.6 Å². The summed E-state index contributed by atoms with van der Waals surface area (Å²) in [4.78, 5) is 4.05. The quantitative estimate of drug-likeness (QED) is 0.870. The number of nitrogens with zero attached hydrogens (tertiary/aromatic N) is 3. The van der Waals surface area contributed by atoms with Gasteiger partial charge in [0.1, 0.15) is 11.8 Å². The van der Waals surface area contributed by atoms with E-state index in [4.69, 9.17) is 10.00 Å². The molecule has 0 spiro atoms. The molecule has 1 heterocycles. The molecule has 0 fully saturated rings. The second-order valence-corrected chi connectivity index (χ2v) is 3.82. The Kier molecular flexibility index (Phi) is 3.82. The van der Waals surface area contributed by atoms with E-state index >= 15 is 0 Å². The number of imidazole rings is 1. The van der Waals surface area contributed by atoms with Gasteiger partial charge in [-0.1, -0.05) is 6.07 Å². The van der Waals surface area contributed by atoms with Crippen molar-refractivity contribution in [1.82, 2.24) is 9.55 Å². The highest BCUT2D eigenvalue weighted by atomic mass is 16.5. The van der Waals surface area contributed by atoms with Crippen molar-refractivity contribution in [1.29, 1.82) is 5.26 Å². The number of hydrogen-bond acceptors (Lipinski definition) is 4. The third-order valence-electron chi connectivity index (χ3n) is 2.53. The normalized spacial score (nSPS) is 9.78. The molecule has 0 atom stereocenters. The SMILES string of the molecule is Cn1cncc1CNc1cccc(OCC#N)c1. The molecule has 0 unspecified atom stereocenters. The molecule has 2 rings (SSSR count). The van der Waals surface area contributed by atoms with E-state index in [1.165, 1.54) is 0 Å². The van der Waals surface area contributed by atoms with E-state index in [0.717, 1.165) is 11.4 Å². The highest BCUT2D eigenvalue weighted by Crippen LogP contribution is 2.17. The van der Waals surface area contributed by atoms with E-state index < -0.39 is 0 Å². The molecule has 92 valence electrons. The predicted molar refractivity (Wildman–Crippen MR) is 68.1 cm³/mol. The van der Waals surface area contributed by atoms with Crippen molar-refractivity contribution in [2.45, 2.75) is 6.54 Å². The molecule has 0 bridgehead atoms. The number of nitrogens with one attached hydrogen (secondary N) is 1. The fraction of sp³-hybridized carbons (Fsp3) is 0.231. The maximum absolute atomic E-state index is 8.46. The van der Waals surface area contributed by atoms with E-state index in [9.17, 15) is 0 Å². The Hall–Kier alpha value is -2.48. The lowest BCUT2D eigenvalue weighted by molar-refractivity contribution is 0.368. The minimum absolute atomic E-state index is 0.0607. The summed E-state index contributed by atoms with van der Waals surface area (Å²) >= 11 is 0. The van der Waals surface area contributed by atoms with Gasteiger partial charge in [-0.25, -0.2) is 4.98 Å². The highest BCUT2D eigenvalue weighted by Gasteiger charge is 1.99. The molecule has 1 aromatic heterocycles. The summed E-state index contributed by atoms with van der Waals surface area (Å²) in [5.74, 6) is 0.687. The summed E-state index contributed by atoms with van der Waals surface area (Å²) in [6, 6.07) is 9.48. The van der Waals surface area contributed by atoms with Crippen molar-refractivity contribution in [3.63, 3.8) is 0 Å². The van der Waals surface area contributed by atoms with Gasteiger partial charge in [-0.3, -0.25) is 0 Å². The van der Waals surface area contributed by atoms with E-state index in [-0.39, 0.29) is 6.61 Å². The second-order valence-electron chi connectivity index (χ2n) is 3.82. The minimum Gasteiger partial charge on any atom is -0.479 e. The molecule has 1 N–H and O–H groups in total. The molecule has 1 aromatic carbocycles. The predicted octanol–water partition coefficient (Wildman–Crippen LogP) is 1.93. The van der Waals surface area contributed by atoms with E-state index in [0.29, 0.717) is 12.3 Å². The van der Waals surface area contributed by atoms with Gasteiger partial charge < -0.3 is 14.6 Å². The van der Waals surface area contributed by atoms with Crippen molar-refractivity contribution in [3.8, 4) is 11.8 Å². The van der Waals surface area contributed by atoms with Crippen molar-refractivity contribution in [3.05, 3.63) is 42.5 Å². The van der Waals surface area contributed by atoms with Crippen molar-refractivity contribution < 1.29 is 4.74 Å². The average Bonchev–Trinajstić information content (AvgIpc) is 2.80. The highest BCUT2D eigenvalue weighted by molar-refractivity contribution is 5.48. The van der Waals surface area contributed by atoms with E-state index in [1.807, 2.05) is 48.1 Å². The Morgan fingerprint density at radius 3 is 3.11 bits per heavy atom. The van der Waals surface area contributed by atoms with Crippen LogP contribution in [0.2, 0.25) is 0 Å². The zero-order valence-electron chi connectivity index (χ0n) is 10.1. The van der Waals surface area contributed by atoms with Crippen LogP contribution in [0.1, 0.15) is 5.69 Å². The largest absolute Gasteiger partial charge is 0.479 e. The molecule has 0 aliphatic rings. The standard InChI is InChI=1S/C13H14N4O/c1-17-10-15-8-12(17)9-16-11-3-2-4-13(7-11)18-6-5-14/h2-4,7-8,10,16H,6,9H2,1H3. The lowest BCUT2D eigenvalue weighted by Crippen LogP contribution is -2.04. The van der Waals surface area contributed by atoms with Crippen LogP contribution in [0.4, 0.5) is 5.69 Å². The smallest absolute Gasteiger partial charge is 0.174 e. The Labute approximate surface area is 106 Å². The van der Waals surface area contributed by atoms with Gasteiger partial charge in [-0.15, -0.1) is 0 Å². The van der Waals surface area contributed by atoms with Gasteiger partial charge in [0.2, 0.25) is 0 Å². The molecule has 2 aromatic rings. The first-order valence-electron chi connectivity index (χ1n) is 5.58. The van der Waals surface area contributed by atoms with Crippen LogP contribution in [0.5, 0.6) is 5.75 Å². The monoisotopic (exact) mass is 242 g/mol. The number of aromatic nitrogens is 2. The molecule has 0 saturated heterocycles. The molecule has 18 heavy (non-hydrogen) atoms. The summed E-state index contributed by atoms with van der Waals surface area (Å²) in [5, 5.41) is 11.7. The van der Waals surface area contributed by atoms with Crippen LogP contribution in [-0.4, -0.2) is 16.2 Å². The number of rotatable bonds is 5. The van der Waals surface area contributed by atoms with Crippen molar-refractivity contribution in [2.24, 2.45) is 7.05 Å². The second kappa shape index (κ2) is 5.73. The van der Waals surface area contributed by atoms with Crippen LogP contribution in [0.15, 0.2) is 36.8 Å². The molecule has 5 nitrogen and oxygen atoms in total. The van der Waals surface area contributed by atoms with E-state index in [2.05, 4.69) is 10.3 Å². The third kappa shape index (κ3) is 3.01. The molecule has 0 aliphatic carbocycles. The number of hydrogen-bond donors (Lipinski definition) is 1. The van der Waals surface area contributed by atoms with Gasteiger partial charge in [0, 0.05) is 25.0 Å². The maximum atomic E-state index is 8.46.